The highest BCUT2D eigenvalue weighted by Gasteiger charge is 2.46. The van der Waals surface area contributed by atoms with Gasteiger partial charge in [0.1, 0.15) is 17.3 Å². The molecule has 160 valence electrons. The lowest BCUT2D eigenvalue weighted by atomic mass is 9.82. The number of aromatic nitrogens is 3. The van der Waals surface area contributed by atoms with Gasteiger partial charge in [0.25, 0.3) is 5.91 Å². The molecule has 0 atom stereocenters. The summed E-state index contributed by atoms with van der Waals surface area (Å²) < 4.78 is 7.10. The minimum Gasteiger partial charge on any atom is -0.361 e. The number of fused-ring (bicyclic) bond motifs is 2. The molecule has 9 heteroatoms. The summed E-state index contributed by atoms with van der Waals surface area (Å²) in [4.78, 5) is 29.6. The molecule has 3 aromatic rings. The van der Waals surface area contributed by atoms with Crippen molar-refractivity contribution in [2.75, 3.05) is 18.0 Å². The van der Waals surface area contributed by atoms with Crippen LogP contribution in [0.1, 0.15) is 41.1 Å². The summed E-state index contributed by atoms with van der Waals surface area (Å²) in [6.07, 6.45) is 3.39. The number of anilines is 1. The van der Waals surface area contributed by atoms with E-state index in [4.69, 9.17) is 16.1 Å². The van der Waals surface area contributed by atoms with Crippen molar-refractivity contribution in [3.05, 3.63) is 64.6 Å². The van der Waals surface area contributed by atoms with Crippen LogP contribution in [0, 0.1) is 6.92 Å². The molecule has 0 radical (unpaired) electrons. The number of amides is 2. The van der Waals surface area contributed by atoms with Crippen LogP contribution in [-0.4, -0.2) is 44.7 Å². The number of piperidine rings is 1. The molecule has 31 heavy (non-hydrogen) atoms. The van der Waals surface area contributed by atoms with Crippen molar-refractivity contribution in [2.45, 2.75) is 38.3 Å². The Kier molecular flexibility index (Phi) is 4.81. The van der Waals surface area contributed by atoms with Gasteiger partial charge in [-0.05, 0) is 38.0 Å². The van der Waals surface area contributed by atoms with Gasteiger partial charge in [-0.25, -0.2) is 4.68 Å². The summed E-state index contributed by atoms with van der Waals surface area (Å²) in [6.45, 7) is 3.28. The predicted molar refractivity (Wildman–Crippen MR) is 114 cm³/mol. The third kappa shape index (κ3) is 3.50. The fraction of sp³-hybridized carbons (Fsp3) is 0.364. The van der Waals surface area contributed by atoms with Crippen LogP contribution in [0.15, 0.2) is 47.1 Å². The molecule has 8 nitrogen and oxygen atoms in total. The maximum atomic E-state index is 13.1. The molecule has 2 aromatic heterocycles. The van der Waals surface area contributed by atoms with Gasteiger partial charge < -0.3 is 9.42 Å². The summed E-state index contributed by atoms with van der Waals surface area (Å²) in [5, 5.41) is 9.12. The molecule has 2 amide bonds. The van der Waals surface area contributed by atoms with Crippen molar-refractivity contribution in [1.82, 2.24) is 19.8 Å². The number of rotatable bonds is 3. The van der Waals surface area contributed by atoms with Crippen molar-refractivity contribution in [1.29, 1.82) is 0 Å². The fourth-order valence-corrected chi connectivity index (χ4v) is 4.78. The highest BCUT2D eigenvalue weighted by Crippen LogP contribution is 2.41. The lowest BCUT2D eigenvalue weighted by Crippen LogP contribution is -2.54. The third-order valence-electron chi connectivity index (χ3n) is 6.18. The van der Waals surface area contributed by atoms with Gasteiger partial charge in [-0.1, -0.05) is 22.8 Å². The minimum atomic E-state index is -0.419. The fourth-order valence-electron chi connectivity index (χ4n) is 4.59. The lowest BCUT2D eigenvalue weighted by Gasteiger charge is -2.46. The van der Waals surface area contributed by atoms with Crippen LogP contribution in [-0.2, 0) is 16.9 Å². The Labute approximate surface area is 184 Å². The largest absolute Gasteiger partial charge is 0.361 e. The number of carbonyl (C=O) groups is 2. The number of benzene rings is 1. The zero-order valence-electron chi connectivity index (χ0n) is 17.1. The molecule has 0 unspecified atom stereocenters. The van der Waals surface area contributed by atoms with Crippen LogP contribution in [0.3, 0.4) is 0 Å². The van der Waals surface area contributed by atoms with E-state index in [1.54, 1.807) is 35.4 Å². The Balaban J connectivity index is 1.35. The van der Waals surface area contributed by atoms with E-state index < -0.39 is 5.54 Å². The molecular weight excluding hydrogens is 418 g/mol. The SMILES string of the molecule is Cc1cc(CN2C(=O)CC3(CCN(C(=O)c4cccc(Cl)c4)CC3)n3nccc32)no1. The average Bonchev–Trinajstić information content (AvgIpc) is 3.41. The molecule has 0 N–H and O–H groups in total. The zero-order valence-corrected chi connectivity index (χ0v) is 17.9. The van der Waals surface area contributed by atoms with Gasteiger partial charge in [-0.2, -0.15) is 5.10 Å². The number of hydrogen-bond donors (Lipinski definition) is 0. The number of hydrogen-bond acceptors (Lipinski definition) is 5. The van der Waals surface area contributed by atoms with Crippen LogP contribution >= 0.6 is 11.6 Å². The molecule has 0 bridgehead atoms. The van der Waals surface area contributed by atoms with Crippen molar-refractivity contribution in [3.63, 3.8) is 0 Å². The van der Waals surface area contributed by atoms with E-state index >= 15 is 0 Å². The van der Waals surface area contributed by atoms with Crippen LogP contribution in [0.25, 0.3) is 0 Å². The van der Waals surface area contributed by atoms with Gasteiger partial charge in [0.2, 0.25) is 5.91 Å². The zero-order chi connectivity index (χ0) is 21.6. The first-order valence-corrected chi connectivity index (χ1v) is 10.6. The monoisotopic (exact) mass is 439 g/mol. The summed E-state index contributed by atoms with van der Waals surface area (Å²) in [5.74, 6) is 1.46. The van der Waals surface area contributed by atoms with E-state index in [1.165, 1.54) is 0 Å². The second-order valence-corrected chi connectivity index (χ2v) is 8.65. The topological polar surface area (TPSA) is 84.5 Å². The Morgan fingerprint density at radius 2 is 2.03 bits per heavy atom. The molecule has 1 spiro atoms. The smallest absolute Gasteiger partial charge is 0.253 e. The quantitative estimate of drug-likeness (QED) is 0.624. The first kappa shape index (κ1) is 19.8. The van der Waals surface area contributed by atoms with E-state index in [-0.39, 0.29) is 11.8 Å². The number of carbonyl (C=O) groups excluding carboxylic acids is 2. The van der Waals surface area contributed by atoms with Crippen molar-refractivity contribution >= 4 is 29.2 Å². The van der Waals surface area contributed by atoms with Crippen LogP contribution in [0.5, 0.6) is 0 Å². The number of likely N-dealkylation sites (tertiary alicyclic amines) is 1. The lowest BCUT2D eigenvalue weighted by molar-refractivity contribution is -0.123. The van der Waals surface area contributed by atoms with E-state index in [1.807, 2.05) is 28.6 Å². The number of nitrogens with zero attached hydrogens (tertiary/aromatic N) is 5. The summed E-state index contributed by atoms with van der Waals surface area (Å²) in [7, 11) is 0. The van der Waals surface area contributed by atoms with E-state index in [9.17, 15) is 9.59 Å². The van der Waals surface area contributed by atoms with Crippen molar-refractivity contribution in [2.24, 2.45) is 0 Å². The van der Waals surface area contributed by atoms with Gasteiger partial charge in [-0.15, -0.1) is 0 Å². The van der Waals surface area contributed by atoms with Crippen LogP contribution in [0.4, 0.5) is 5.82 Å². The van der Waals surface area contributed by atoms with Gasteiger partial charge in [-0.3, -0.25) is 14.5 Å². The summed E-state index contributed by atoms with van der Waals surface area (Å²) >= 11 is 6.04. The highest BCUT2D eigenvalue weighted by molar-refractivity contribution is 6.30. The molecule has 1 saturated heterocycles. The van der Waals surface area contributed by atoms with Crippen molar-refractivity contribution in [3.8, 4) is 0 Å². The van der Waals surface area contributed by atoms with Crippen LogP contribution in [0.2, 0.25) is 5.02 Å². The standard InChI is InChI=1S/C22H22ClN5O3/c1-15-11-18(25-31-15)14-27-19-5-8-24-28(19)22(13-20(27)29)6-9-26(10-7-22)21(30)16-3-2-4-17(23)12-16/h2-5,8,11-12H,6-7,9-10,13-14H2,1H3. The van der Waals surface area contributed by atoms with Gasteiger partial charge in [0.15, 0.2) is 0 Å². The van der Waals surface area contributed by atoms with Crippen molar-refractivity contribution < 1.29 is 14.1 Å². The molecule has 4 heterocycles. The first-order chi connectivity index (χ1) is 14.9. The third-order valence-corrected chi connectivity index (χ3v) is 6.41. The number of halogens is 1. The normalized spacial score (nSPS) is 17.8. The van der Waals surface area contributed by atoms with Gasteiger partial charge in [0, 0.05) is 35.8 Å². The second kappa shape index (κ2) is 7.53. The Bertz CT molecular complexity index is 1150. The molecule has 1 fully saturated rings. The Hall–Kier alpha value is -3.13. The molecule has 1 aromatic carbocycles. The molecule has 0 saturated carbocycles. The molecule has 2 aliphatic heterocycles. The van der Waals surface area contributed by atoms with Gasteiger partial charge in [0.05, 0.1) is 24.7 Å². The Morgan fingerprint density at radius 1 is 1.23 bits per heavy atom. The van der Waals surface area contributed by atoms with E-state index in [2.05, 4.69) is 10.3 Å². The van der Waals surface area contributed by atoms with E-state index in [0.29, 0.717) is 60.9 Å². The molecule has 5 rings (SSSR count). The maximum absolute atomic E-state index is 13.1. The highest BCUT2D eigenvalue weighted by atomic mass is 35.5. The van der Waals surface area contributed by atoms with Gasteiger partial charge >= 0.3 is 0 Å². The molecule has 0 aliphatic carbocycles. The molecular formula is C22H22ClN5O3. The second-order valence-electron chi connectivity index (χ2n) is 8.21. The number of aryl methyl sites for hydroxylation is 1. The first-order valence-electron chi connectivity index (χ1n) is 10.3. The summed E-state index contributed by atoms with van der Waals surface area (Å²) in [5.41, 5.74) is 0.866. The maximum Gasteiger partial charge on any atom is 0.253 e. The van der Waals surface area contributed by atoms with E-state index in [0.717, 1.165) is 5.82 Å². The molecule has 2 aliphatic rings. The van der Waals surface area contributed by atoms with Crippen LogP contribution < -0.4 is 4.90 Å². The average molecular weight is 440 g/mol. The minimum absolute atomic E-state index is 0.0308. The predicted octanol–water partition coefficient (Wildman–Crippen LogP) is 3.40. The summed E-state index contributed by atoms with van der Waals surface area (Å²) in [6, 6.07) is 10.7. The Morgan fingerprint density at radius 3 is 2.74 bits per heavy atom.